The lowest BCUT2D eigenvalue weighted by Gasteiger charge is -2.18. The fraction of sp³-hybridized carbons (Fsp3) is 0.712. The highest BCUT2D eigenvalue weighted by molar-refractivity contribution is 5.71. The molecule has 1 atom stereocenters. The van der Waals surface area contributed by atoms with E-state index in [4.69, 9.17) is 14.2 Å². The van der Waals surface area contributed by atoms with Crippen LogP contribution in [0, 0.1) is 0 Å². The number of carbonyl (C=O) groups is 3. The van der Waals surface area contributed by atoms with E-state index in [1.165, 1.54) is 128 Å². The minimum absolute atomic E-state index is 0.0910. The molecule has 72 heavy (non-hydrogen) atoms. The van der Waals surface area contributed by atoms with E-state index in [9.17, 15) is 14.4 Å². The first kappa shape index (κ1) is 68.3. The number of unbranched alkanes of at least 4 members (excludes halogenated alkanes) is 27. The van der Waals surface area contributed by atoms with E-state index >= 15 is 0 Å². The highest BCUT2D eigenvalue weighted by Gasteiger charge is 2.19. The average Bonchev–Trinajstić information content (AvgIpc) is 3.38. The lowest BCUT2D eigenvalue weighted by molar-refractivity contribution is -0.167. The van der Waals surface area contributed by atoms with E-state index in [1.807, 2.05) is 0 Å². The molecule has 6 heteroatoms. The predicted octanol–water partition coefficient (Wildman–Crippen LogP) is 20.5. The van der Waals surface area contributed by atoms with Gasteiger partial charge in [0.05, 0.1) is 0 Å². The topological polar surface area (TPSA) is 78.9 Å². The van der Waals surface area contributed by atoms with Gasteiger partial charge in [0.15, 0.2) is 6.10 Å². The SMILES string of the molecule is CC/C=C\C/C=C\C/C=C\C/C=C\C/C=C\C/C=C\C/C=C\CCCCCC(=O)OCC(COC(=O)CCCCCCC/C=C\CCCC)OC(=O)CCCCCCCCCCCCCCCCCCCC. The second-order valence-corrected chi connectivity index (χ2v) is 19.9. The Morgan fingerprint density at radius 1 is 0.292 bits per heavy atom. The summed E-state index contributed by atoms with van der Waals surface area (Å²) in [4.78, 5) is 38.2. The van der Waals surface area contributed by atoms with Crippen molar-refractivity contribution in [2.24, 2.45) is 0 Å². The highest BCUT2D eigenvalue weighted by Crippen LogP contribution is 2.16. The molecule has 6 nitrogen and oxygen atoms in total. The molecule has 0 spiro atoms. The van der Waals surface area contributed by atoms with E-state index < -0.39 is 6.10 Å². The molecule has 0 aliphatic carbocycles. The quantitative estimate of drug-likeness (QED) is 0.0261. The molecule has 0 saturated heterocycles. The number of allylic oxidation sites excluding steroid dienone is 16. The van der Waals surface area contributed by atoms with Gasteiger partial charge in [0.25, 0.3) is 0 Å². The van der Waals surface area contributed by atoms with Gasteiger partial charge in [0, 0.05) is 19.3 Å². The molecule has 0 fully saturated rings. The van der Waals surface area contributed by atoms with Crippen molar-refractivity contribution in [1.29, 1.82) is 0 Å². The van der Waals surface area contributed by atoms with Crippen LogP contribution in [0.2, 0.25) is 0 Å². The van der Waals surface area contributed by atoms with E-state index in [0.717, 1.165) is 116 Å². The Morgan fingerprint density at radius 3 is 0.917 bits per heavy atom. The number of hydrogen-bond donors (Lipinski definition) is 0. The molecule has 412 valence electrons. The summed E-state index contributed by atoms with van der Waals surface area (Å²) >= 11 is 0. The predicted molar refractivity (Wildman–Crippen MR) is 311 cm³/mol. The Labute approximate surface area is 445 Å². The zero-order chi connectivity index (χ0) is 52.2. The molecule has 0 aliphatic heterocycles. The number of carbonyl (C=O) groups excluding carboxylic acids is 3. The molecule has 0 bridgehead atoms. The molecule has 0 amide bonds. The van der Waals surface area contributed by atoms with Gasteiger partial charge in [-0.1, -0.05) is 266 Å². The highest BCUT2D eigenvalue weighted by atomic mass is 16.6. The Hall–Kier alpha value is -3.67. The van der Waals surface area contributed by atoms with Crippen LogP contribution in [0.25, 0.3) is 0 Å². The van der Waals surface area contributed by atoms with Gasteiger partial charge in [-0.05, 0) is 96.3 Å². The van der Waals surface area contributed by atoms with Crippen molar-refractivity contribution in [3.8, 4) is 0 Å². The third-order valence-electron chi connectivity index (χ3n) is 12.8. The first-order valence-electron chi connectivity index (χ1n) is 30.2. The Bertz CT molecular complexity index is 1430. The standard InChI is InChI=1S/C66H112O6/c1-4-7-10-13-16-19-22-24-26-28-30-31-32-33-34-35-36-38-39-41-44-47-50-53-56-59-65(68)71-62-63(61-70-64(67)58-55-52-49-46-43-21-18-15-12-9-6-3)72-66(69)60-57-54-51-48-45-42-40-37-29-27-25-23-20-17-14-11-8-5-2/h7,10,15-16,18-19,24,26,30-31,33-34,36,38,41,44,63H,4-6,8-9,11-14,17,20-23,25,27-29,32,35,37,39-40,42-43,45-62H2,1-3H3/b10-7-,18-15-,19-16-,26-24-,31-30-,34-33-,38-36-,44-41-. The summed E-state index contributed by atoms with van der Waals surface area (Å²) < 4.78 is 16.8. The van der Waals surface area contributed by atoms with Crippen molar-refractivity contribution >= 4 is 17.9 Å². The van der Waals surface area contributed by atoms with Crippen LogP contribution in [0.15, 0.2) is 97.2 Å². The molecule has 0 radical (unpaired) electrons. The molecule has 0 N–H and O–H groups in total. The minimum Gasteiger partial charge on any atom is -0.462 e. The summed E-state index contributed by atoms with van der Waals surface area (Å²) in [6, 6.07) is 0. The van der Waals surface area contributed by atoms with Crippen LogP contribution in [0.3, 0.4) is 0 Å². The van der Waals surface area contributed by atoms with Gasteiger partial charge in [0.2, 0.25) is 0 Å². The van der Waals surface area contributed by atoms with Gasteiger partial charge in [-0.2, -0.15) is 0 Å². The molecule has 0 aromatic heterocycles. The Balaban J connectivity index is 4.37. The Kier molecular flexibility index (Phi) is 56.8. The summed E-state index contributed by atoms with van der Waals surface area (Å²) in [7, 11) is 0. The number of hydrogen-bond acceptors (Lipinski definition) is 6. The van der Waals surface area contributed by atoms with Crippen molar-refractivity contribution in [1.82, 2.24) is 0 Å². The van der Waals surface area contributed by atoms with Crippen LogP contribution in [-0.4, -0.2) is 37.2 Å². The average molecular weight is 1000 g/mol. The Morgan fingerprint density at radius 2 is 0.556 bits per heavy atom. The first-order chi connectivity index (χ1) is 35.5. The maximum absolute atomic E-state index is 12.9. The van der Waals surface area contributed by atoms with Crippen LogP contribution < -0.4 is 0 Å². The third kappa shape index (κ3) is 57.2. The van der Waals surface area contributed by atoms with Crippen molar-refractivity contribution in [2.45, 2.75) is 290 Å². The third-order valence-corrected chi connectivity index (χ3v) is 12.8. The molecule has 0 heterocycles. The fourth-order valence-electron chi connectivity index (χ4n) is 8.29. The maximum Gasteiger partial charge on any atom is 0.306 e. The van der Waals surface area contributed by atoms with E-state index in [-0.39, 0.29) is 31.1 Å². The molecule has 1 unspecified atom stereocenters. The summed E-state index contributed by atoms with van der Waals surface area (Å²) in [5.74, 6) is -0.927. The number of rotatable bonds is 54. The monoisotopic (exact) mass is 1000 g/mol. The molecular weight excluding hydrogens is 889 g/mol. The van der Waals surface area contributed by atoms with Crippen LogP contribution >= 0.6 is 0 Å². The van der Waals surface area contributed by atoms with Crippen LogP contribution in [0.5, 0.6) is 0 Å². The smallest absolute Gasteiger partial charge is 0.306 e. The molecule has 0 aromatic rings. The zero-order valence-electron chi connectivity index (χ0n) is 47.2. The second-order valence-electron chi connectivity index (χ2n) is 19.9. The summed E-state index contributed by atoms with van der Waals surface area (Å²) in [6.45, 7) is 6.47. The number of esters is 3. The van der Waals surface area contributed by atoms with Crippen LogP contribution in [0.1, 0.15) is 284 Å². The lowest BCUT2D eigenvalue weighted by atomic mass is 10.0. The van der Waals surface area contributed by atoms with Gasteiger partial charge < -0.3 is 14.2 Å². The van der Waals surface area contributed by atoms with Gasteiger partial charge in [-0.3, -0.25) is 14.4 Å². The molecule has 0 aliphatic rings. The van der Waals surface area contributed by atoms with E-state index in [1.54, 1.807) is 0 Å². The number of ether oxygens (including phenoxy) is 3. The zero-order valence-corrected chi connectivity index (χ0v) is 47.2. The van der Waals surface area contributed by atoms with E-state index in [2.05, 4.69) is 118 Å². The largest absolute Gasteiger partial charge is 0.462 e. The van der Waals surface area contributed by atoms with Gasteiger partial charge in [0.1, 0.15) is 13.2 Å². The summed E-state index contributed by atoms with van der Waals surface area (Å²) in [6.07, 6.45) is 79.8. The molecule has 0 aromatic carbocycles. The maximum atomic E-state index is 12.9. The molecule has 0 rings (SSSR count). The van der Waals surface area contributed by atoms with Crippen molar-refractivity contribution in [3.05, 3.63) is 97.2 Å². The summed E-state index contributed by atoms with van der Waals surface area (Å²) in [5, 5.41) is 0. The van der Waals surface area contributed by atoms with Gasteiger partial charge >= 0.3 is 17.9 Å². The molecular formula is C66H112O6. The normalized spacial score (nSPS) is 12.8. The first-order valence-corrected chi connectivity index (χ1v) is 30.2. The molecule has 0 saturated carbocycles. The van der Waals surface area contributed by atoms with Crippen molar-refractivity contribution < 1.29 is 28.6 Å². The van der Waals surface area contributed by atoms with Crippen LogP contribution in [-0.2, 0) is 28.6 Å². The summed E-state index contributed by atoms with van der Waals surface area (Å²) in [5.41, 5.74) is 0. The lowest BCUT2D eigenvalue weighted by Crippen LogP contribution is -2.30. The van der Waals surface area contributed by atoms with Gasteiger partial charge in [-0.25, -0.2) is 0 Å². The van der Waals surface area contributed by atoms with Crippen molar-refractivity contribution in [2.75, 3.05) is 13.2 Å². The second kappa shape index (κ2) is 59.9. The van der Waals surface area contributed by atoms with Gasteiger partial charge in [-0.15, -0.1) is 0 Å². The fourth-order valence-corrected chi connectivity index (χ4v) is 8.29. The van der Waals surface area contributed by atoms with E-state index in [0.29, 0.717) is 19.3 Å². The van der Waals surface area contributed by atoms with Crippen LogP contribution in [0.4, 0.5) is 0 Å². The van der Waals surface area contributed by atoms with Crippen molar-refractivity contribution in [3.63, 3.8) is 0 Å². The minimum atomic E-state index is -0.794.